The third-order valence-corrected chi connectivity index (χ3v) is 6.83. The van der Waals surface area contributed by atoms with Crippen LogP contribution in [-0.2, 0) is 38.4 Å². The summed E-state index contributed by atoms with van der Waals surface area (Å²) in [5.41, 5.74) is 7.67. The Kier molecular flexibility index (Phi) is 11.7. The molecule has 0 radical (unpaired) electrons. The van der Waals surface area contributed by atoms with E-state index in [9.17, 15) is 29.4 Å². The van der Waals surface area contributed by atoms with Crippen LogP contribution in [0, 0.1) is 0 Å². The molecule has 1 aromatic carbocycles. The summed E-state index contributed by atoms with van der Waals surface area (Å²) in [7, 11) is 0. The molecule has 4 atom stereocenters. The standard InChI is InChI=1S/C26H34N8O6S/c1-41-7-6-19(27)23(36)32-20(8-15-2-4-18(35)5-3-15)24(37)33-21(9-16-11-28-13-30-16)25(38)34-22(26(39)40)10-17-12-29-14-31-17/h2-5,11-14,19-22,35H,6-10,27H2,1H3,(H,28,30)(H,29,31)(H,32,36)(H,33,37)(H,34,38)(H,39,40). The van der Waals surface area contributed by atoms with Gasteiger partial charge >= 0.3 is 5.97 Å². The Morgan fingerprint density at radius 3 is 1.88 bits per heavy atom. The van der Waals surface area contributed by atoms with Gasteiger partial charge in [0, 0.05) is 43.0 Å². The van der Waals surface area contributed by atoms with E-state index in [0.29, 0.717) is 29.1 Å². The summed E-state index contributed by atoms with van der Waals surface area (Å²) < 4.78 is 0. The summed E-state index contributed by atoms with van der Waals surface area (Å²) in [4.78, 5) is 65.1. The minimum Gasteiger partial charge on any atom is -0.508 e. The molecular weight excluding hydrogens is 552 g/mol. The highest BCUT2D eigenvalue weighted by Crippen LogP contribution is 2.12. The quantitative estimate of drug-likeness (QED) is 0.107. The Balaban J connectivity index is 1.80. The van der Waals surface area contributed by atoms with Crippen molar-refractivity contribution in [2.24, 2.45) is 5.73 Å². The summed E-state index contributed by atoms with van der Waals surface area (Å²) in [6, 6.07) is 1.65. The van der Waals surface area contributed by atoms with Gasteiger partial charge in [-0.05, 0) is 36.1 Å². The lowest BCUT2D eigenvalue weighted by Gasteiger charge is -2.25. The molecule has 0 saturated heterocycles. The van der Waals surface area contributed by atoms with Crippen molar-refractivity contribution in [1.82, 2.24) is 35.9 Å². The van der Waals surface area contributed by atoms with Crippen molar-refractivity contribution in [3.8, 4) is 5.75 Å². The Morgan fingerprint density at radius 1 is 0.854 bits per heavy atom. The van der Waals surface area contributed by atoms with Crippen LogP contribution in [0.15, 0.2) is 49.3 Å². The molecule has 3 rings (SSSR count). The number of phenolic OH excluding ortho intramolecular Hbond substituents is 1. The third kappa shape index (κ3) is 9.95. The van der Waals surface area contributed by atoms with E-state index in [2.05, 4.69) is 35.9 Å². The lowest BCUT2D eigenvalue weighted by molar-refractivity contribution is -0.142. The van der Waals surface area contributed by atoms with Crippen molar-refractivity contribution in [3.05, 3.63) is 66.3 Å². The van der Waals surface area contributed by atoms with Crippen LogP contribution >= 0.6 is 11.8 Å². The molecule has 0 saturated carbocycles. The van der Waals surface area contributed by atoms with Crippen molar-refractivity contribution in [2.45, 2.75) is 49.9 Å². The number of carbonyl (C=O) groups is 4. The number of nitrogens with zero attached hydrogens (tertiary/aromatic N) is 2. The second-order valence-corrected chi connectivity index (χ2v) is 10.3. The van der Waals surface area contributed by atoms with Gasteiger partial charge in [-0.15, -0.1) is 0 Å². The number of phenols is 1. The Bertz CT molecular complexity index is 1270. The first-order valence-electron chi connectivity index (χ1n) is 12.8. The monoisotopic (exact) mass is 586 g/mol. The number of aliphatic carboxylic acids is 1. The van der Waals surface area contributed by atoms with Crippen molar-refractivity contribution in [3.63, 3.8) is 0 Å². The van der Waals surface area contributed by atoms with Gasteiger partial charge in [-0.3, -0.25) is 14.4 Å². The van der Waals surface area contributed by atoms with Crippen LogP contribution < -0.4 is 21.7 Å². The highest BCUT2D eigenvalue weighted by molar-refractivity contribution is 7.98. The number of hydrogen-bond acceptors (Lipinski definition) is 9. The number of carboxylic acids is 1. The van der Waals surface area contributed by atoms with Crippen molar-refractivity contribution >= 4 is 35.5 Å². The van der Waals surface area contributed by atoms with Crippen molar-refractivity contribution < 1.29 is 29.4 Å². The molecule has 0 fully saturated rings. The van der Waals surface area contributed by atoms with E-state index in [1.54, 1.807) is 12.1 Å². The predicted molar refractivity (Wildman–Crippen MR) is 151 cm³/mol. The maximum atomic E-state index is 13.6. The maximum absolute atomic E-state index is 13.6. The van der Waals surface area contributed by atoms with Gasteiger partial charge < -0.3 is 41.9 Å². The van der Waals surface area contributed by atoms with E-state index >= 15 is 0 Å². The number of hydrogen-bond donors (Lipinski definition) is 8. The molecule has 2 heterocycles. The third-order valence-electron chi connectivity index (χ3n) is 6.18. The molecule has 0 spiro atoms. The zero-order chi connectivity index (χ0) is 29.8. The summed E-state index contributed by atoms with van der Waals surface area (Å²) in [5.74, 6) is -2.53. The van der Waals surface area contributed by atoms with E-state index in [4.69, 9.17) is 5.73 Å². The summed E-state index contributed by atoms with van der Waals surface area (Å²) in [6.07, 6.45) is 7.99. The molecule has 41 heavy (non-hydrogen) atoms. The molecule has 2 aromatic heterocycles. The van der Waals surface area contributed by atoms with Crippen molar-refractivity contribution in [2.75, 3.05) is 12.0 Å². The van der Waals surface area contributed by atoms with Gasteiger partial charge in [0.15, 0.2) is 0 Å². The summed E-state index contributed by atoms with van der Waals surface area (Å²) in [5, 5.41) is 27.1. The van der Waals surface area contributed by atoms with Crippen LogP contribution in [-0.4, -0.2) is 90.0 Å². The van der Waals surface area contributed by atoms with Crippen molar-refractivity contribution in [1.29, 1.82) is 0 Å². The molecular formula is C26H34N8O6S. The molecule has 220 valence electrons. The van der Waals surface area contributed by atoms with E-state index in [-0.39, 0.29) is 25.0 Å². The van der Waals surface area contributed by atoms with Crippen LogP contribution in [0.25, 0.3) is 0 Å². The Morgan fingerprint density at radius 2 is 1.37 bits per heavy atom. The second-order valence-electron chi connectivity index (χ2n) is 9.34. The predicted octanol–water partition coefficient (Wildman–Crippen LogP) is -0.514. The SMILES string of the molecule is CSCCC(N)C(=O)NC(Cc1ccc(O)cc1)C(=O)NC(Cc1cnc[nH]1)C(=O)NC(Cc1cnc[nH]1)C(=O)O. The van der Waals surface area contributed by atoms with Gasteiger partial charge in [0.2, 0.25) is 17.7 Å². The Hall–Kier alpha value is -4.37. The minimum absolute atomic E-state index is 0.0267. The highest BCUT2D eigenvalue weighted by Gasteiger charge is 2.31. The molecule has 9 N–H and O–H groups in total. The number of nitrogens with two attached hydrogens (primary N) is 1. The van der Waals surface area contributed by atoms with E-state index in [1.807, 2.05) is 6.26 Å². The number of nitrogens with one attached hydrogen (secondary N) is 5. The zero-order valence-corrected chi connectivity index (χ0v) is 23.2. The number of H-pyrrole nitrogens is 2. The number of benzene rings is 1. The Labute approximate surface area is 240 Å². The molecule has 0 aliphatic heterocycles. The van der Waals surface area contributed by atoms with Crippen LogP contribution in [0.4, 0.5) is 0 Å². The number of imidazole rings is 2. The fourth-order valence-corrected chi connectivity index (χ4v) is 4.41. The number of aromatic amines is 2. The smallest absolute Gasteiger partial charge is 0.326 e. The molecule has 0 aliphatic carbocycles. The van der Waals surface area contributed by atoms with Gasteiger partial charge in [0.1, 0.15) is 23.9 Å². The number of carboxylic acid groups (broad SMARTS) is 1. The normalized spacial score (nSPS) is 13.9. The molecule has 14 nitrogen and oxygen atoms in total. The number of aromatic hydroxyl groups is 1. The van der Waals surface area contributed by atoms with Gasteiger partial charge in [0.05, 0.1) is 18.7 Å². The number of thioether (sulfide) groups is 1. The van der Waals surface area contributed by atoms with Gasteiger partial charge in [-0.25, -0.2) is 14.8 Å². The molecule has 3 amide bonds. The topological polar surface area (TPSA) is 228 Å². The number of aromatic nitrogens is 4. The molecule has 3 aromatic rings. The van der Waals surface area contributed by atoms with Gasteiger partial charge in [-0.2, -0.15) is 11.8 Å². The fourth-order valence-electron chi connectivity index (χ4n) is 3.92. The van der Waals surface area contributed by atoms with Gasteiger partial charge in [-0.1, -0.05) is 12.1 Å². The van der Waals surface area contributed by atoms with E-state index < -0.39 is 47.9 Å². The first kappa shape index (κ1) is 31.2. The number of rotatable bonds is 16. The first-order chi connectivity index (χ1) is 19.7. The number of amides is 3. The average molecular weight is 587 g/mol. The second kappa shape index (κ2) is 15.4. The lowest BCUT2D eigenvalue weighted by Crippen LogP contribution is -2.58. The van der Waals surface area contributed by atoms with Gasteiger partial charge in [0.25, 0.3) is 0 Å². The van der Waals surface area contributed by atoms with Crippen LogP contribution in [0.5, 0.6) is 5.75 Å². The van der Waals surface area contributed by atoms with Crippen LogP contribution in [0.2, 0.25) is 0 Å². The lowest BCUT2D eigenvalue weighted by atomic mass is 10.0. The van der Waals surface area contributed by atoms with Crippen LogP contribution in [0.3, 0.4) is 0 Å². The average Bonchev–Trinajstić information content (AvgIpc) is 3.66. The van der Waals surface area contributed by atoms with E-state index in [0.717, 1.165) is 0 Å². The molecule has 4 unspecified atom stereocenters. The summed E-state index contributed by atoms with van der Waals surface area (Å²) in [6.45, 7) is 0. The molecule has 0 aliphatic rings. The molecule has 15 heteroatoms. The fraction of sp³-hybridized carbons (Fsp3) is 0.385. The first-order valence-corrected chi connectivity index (χ1v) is 14.2. The number of carbonyl (C=O) groups excluding carboxylic acids is 3. The van der Waals surface area contributed by atoms with Crippen LogP contribution in [0.1, 0.15) is 23.4 Å². The summed E-state index contributed by atoms with van der Waals surface area (Å²) >= 11 is 1.53. The molecule has 0 bridgehead atoms. The van der Waals surface area contributed by atoms with E-state index in [1.165, 1.54) is 48.9 Å². The largest absolute Gasteiger partial charge is 0.508 e. The maximum Gasteiger partial charge on any atom is 0.326 e. The minimum atomic E-state index is -1.30. The highest BCUT2D eigenvalue weighted by atomic mass is 32.2. The zero-order valence-electron chi connectivity index (χ0n) is 22.4.